The van der Waals surface area contributed by atoms with Crippen LogP contribution in [0.3, 0.4) is 0 Å². The van der Waals surface area contributed by atoms with Gasteiger partial charge in [0.25, 0.3) is 0 Å². The third-order valence-corrected chi connectivity index (χ3v) is 3.96. The summed E-state index contributed by atoms with van der Waals surface area (Å²) in [6.45, 7) is 3.81. The van der Waals surface area contributed by atoms with E-state index in [-0.39, 0.29) is 6.10 Å². The van der Waals surface area contributed by atoms with E-state index >= 15 is 0 Å². The molecule has 1 N–H and O–H groups in total. The van der Waals surface area contributed by atoms with Gasteiger partial charge in [-0.1, -0.05) is 23.7 Å². The second kappa shape index (κ2) is 5.47. The molecule has 1 aliphatic carbocycles. The maximum Gasteiger partial charge on any atom is 0.0874 e. The normalized spacial score (nSPS) is 25.1. The number of ether oxygens (including phenoxy) is 1. The van der Waals surface area contributed by atoms with Crippen molar-refractivity contribution in [2.24, 2.45) is 0 Å². The Morgan fingerprint density at radius 2 is 2.17 bits per heavy atom. The zero-order valence-corrected chi connectivity index (χ0v) is 11.2. The molecule has 2 aliphatic rings. The number of benzene rings is 1. The SMILES string of the molecule is Clc1ccccc1NCC1CN(C2CC2)CCO1. The van der Waals surface area contributed by atoms with E-state index in [1.165, 1.54) is 12.8 Å². The van der Waals surface area contributed by atoms with Crippen LogP contribution in [0.1, 0.15) is 12.8 Å². The molecule has 98 valence electrons. The van der Waals surface area contributed by atoms with Gasteiger partial charge in [-0.15, -0.1) is 0 Å². The van der Waals surface area contributed by atoms with Gasteiger partial charge in [0.2, 0.25) is 0 Å². The summed E-state index contributed by atoms with van der Waals surface area (Å²) in [5.41, 5.74) is 0.992. The van der Waals surface area contributed by atoms with Gasteiger partial charge in [-0.2, -0.15) is 0 Å². The molecule has 2 fully saturated rings. The number of hydrogen-bond donors (Lipinski definition) is 1. The first kappa shape index (κ1) is 12.3. The van der Waals surface area contributed by atoms with Gasteiger partial charge >= 0.3 is 0 Å². The lowest BCUT2D eigenvalue weighted by Gasteiger charge is -2.33. The van der Waals surface area contributed by atoms with Gasteiger partial charge < -0.3 is 10.1 Å². The van der Waals surface area contributed by atoms with Crippen LogP contribution in [-0.2, 0) is 4.74 Å². The van der Waals surface area contributed by atoms with E-state index in [1.807, 2.05) is 24.3 Å². The van der Waals surface area contributed by atoms with Gasteiger partial charge in [-0.05, 0) is 25.0 Å². The van der Waals surface area contributed by atoms with Crippen molar-refractivity contribution in [3.8, 4) is 0 Å². The topological polar surface area (TPSA) is 24.5 Å². The highest BCUT2D eigenvalue weighted by atomic mass is 35.5. The Morgan fingerprint density at radius 1 is 1.33 bits per heavy atom. The molecule has 1 saturated heterocycles. The fourth-order valence-electron chi connectivity index (χ4n) is 2.47. The van der Waals surface area contributed by atoms with Crippen LogP contribution in [0.4, 0.5) is 5.69 Å². The third kappa shape index (κ3) is 2.97. The first-order valence-electron chi connectivity index (χ1n) is 6.67. The quantitative estimate of drug-likeness (QED) is 0.907. The smallest absolute Gasteiger partial charge is 0.0874 e. The Balaban J connectivity index is 1.52. The van der Waals surface area contributed by atoms with Crippen LogP contribution < -0.4 is 5.32 Å². The predicted molar refractivity (Wildman–Crippen MR) is 74.3 cm³/mol. The van der Waals surface area contributed by atoms with Crippen molar-refractivity contribution in [1.82, 2.24) is 4.90 Å². The second-order valence-electron chi connectivity index (χ2n) is 5.08. The number of halogens is 1. The molecule has 0 aromatic heterocycles. The Bertz CT molecular complexity index is 409. The number of anilines is 1. The molecule has 1 aromatic rings. The minimum Gasteiger partial charge on any atom is -0.381 e. The summed E-state index contributed by atoms with van der Waals surface area (Å²) in [7, 11) is 0. The lowest BCUT2D eigenvalue weighted by atomic mass is 10.2. The van der Waals surface area contributed by atoms with Crippen LogP contribution in [0.15, 0.2) is 24.3 Å². The molecule has 1 atom stereocenters. The zero-order valence-electron chi connectivity index (χ0n) is 10.4. The van der Waals surface area contributed by atoms with Crippen molar-refractivity contribution in [3.63, 3.8) is 0 Å². The van der Waals surface area contributed by atoms with Gasteiger partial charge in [-0.25, -0.2) is 0 Å². The molecule has 0 radical (unpaired) electrons. The number of hydrogen-bond acceptors (Lipinski definition) is 3. The summed E-state index contributed by atoms with van der Waals surface area (Å²) in [6.07, 6.45) is 3.01. The maximum absolute atomic E-state index is 6.12. The fraction of sp³-hybridized carbons (Fsp3) is 0.571. The van der Waals surface area contributed by atoms with Crippen molar-refractivity contribution < 1.29 is 4.74 Å². The van der Waals surface area contributed by atoms with Crippen LogP contribution in [0.5, 0.6) is 0 Å². The maximum atomic E-state index is 6.12. The summed E-state index contributed by atoms with van der Waals surface area (Å²) >= 11 is 6.12. The average Bonchev–Trinajstić information content (AvgIpc) is 3.23. The van der Waals surface area contributed by atoms with E-state index in [1.54, 1.807) is 0 Å². The molecule has 1 unspecified atom stereocenters. The number of nitrogens with zero attached hydrogens (tertiary/aromatic N) is 1. The van der Waals surface area contributed by atoms with E-state index in [2.05, 4.69) is 10.2 Å². The minimum absolute atomic E-state index is 0.274. The lowest BCUT2D eigenvalue weighted by molar-refractivity contribution is -0.0241. The van der Waals surface area contributed by atoms with Crippen molar-refractivity contribution in [1.29, 1.82) is 0 Å². The second-order valence-corrected chi connectivity index (χ2v) is 5.49. The highest BCUT2D eigenvalue weighted by Crippen LogP contribution is 2.28. The molecular weight excluding hydrogens is 248 g/mol. The van der Waals surface area contributed by atoms with Gasteiger partial charge in [0.05, 0.1) is 23.4 Å². The molecule has 1 saturated carbocycles. The number of rotatable bonds is 4. The van der Waals surface area contributed by atoms with Gasteiger partial charge in [0.1, 0.15) is 0 Å². The molecule has 3 nitrogen and oxygen atoms in total. The molecule has 0 spiro atoms. The highest BCUT2D eigenvalue weighted by molar-refractivity contribution is 6.33. The van der Waals surface area contributed by atoms with E-state index in [9.17, 15) is 0 Å². The van der Waals surface area contributed by atoms with Gasteiger partial charge in [0.15, 0.2) is 0 Å². The van der Waals surface area contributed by atoms with Crippen LogP contribution in [-0.4, -0.2) is 43.3 Å². The predicted octanol–water partition coefficient (Wildman–Crippen LogP) is 2.62. The molecule has 0 amide bonds. The fourth-order valence-corrected chi connectivity index (χ4v) is 2.67. The Morgan fingerprint density at radius 3 is 2.94 bits per heavy atom. The van der Waals surface area contributed by atoms with E-state index in [4.69, 9.17) is 16.3 Å². The first-order valence-corrected chi connectivity index (χ1v) is 7.05. The molecule has 4 heteroatoms. The molecule has 1 aliphatic heterocycles. The summed E-state index contributed by atoms with van der Waals surface area (Å²) in [5.74, 6) is 0. The third-order valence-electron chi connectivity index (χ3n) is 3.63. The van der Waals surface area contributed by atoms with Crippen LogP contribution >= 0.6 is 11.6 Å². The van der Waals surface area contributed by atoms with Crippen LogP contribution in [0.25, 0.3) is 0 Å². The summed E-state index contributed by atoms with van der Waals surface area (Å²) in [4.78, 5) is 2.56. The Kier molecular flexibility index (Phi) is 3.73. The van der Waals surface area contributed by atoms with Crippen molar-refractivity contribution in [2.45, 2.75) is 25.0 Å². The van der Waals surface area contributed by atoms with Gasteiger partial charge in [-0.3, -0.25) is 4.90 Å². The number of para-hydroxylation sites is 1. The summed E-state index contributed by atoms with van der Waals surface area (Å²) in [5, 5.41) is 4.15. The standard InChI is InChI=1S/C14H19ClN2O/c15-13-3-1-2-4-14(13)16-9-12-10-17(7-8-18-12)11-5-6-11/h1-4,11-12,16H,5-10H2. The first-order chi connectivity index (χ1) is 8.83. The van der Waals surface area contributed by atoms with E-state index < -0.39 is 0 Å². The van der Waals surface area contributed by atoms with Crippen molar-refractivity contribution in [3.05, 3.63) is 29.3 Å². The van der Waals surface area contributed by atoms with Crippen LogP contribution in [0.2, 0.25) is 5.02 Å². The molecular formula is C14H19ClN2O. The molecule has 18 heavy (non-hydrogen) atoms. The minimum atomic E-state index is 0.274. The van der Waals surface area contributed by atoms with Gasteiger partial charge in [0, 0.05) is 25.7 Å². The Hall–Kier alpha value is -0.770. The largest absolute Gasteiger partial charge is 0.381 e. The lowest BCUT2D eigenvalue weighted by Crippen LogP contribution is -2.46. The van der Waals surface area contributed by atoms with Crippen LogP contribution in [0, 0.1) is 0 Å². The van der Waals surface area contributed by atoms with E-state index in [0.29, 0.717) is 0 Å². The summed E-state index contributed by atoms with van der Waals surface area (Å²) < 4.78 is 5.80. The van der Waals surface area contributed by atoms with E-state index in [0.717, 1.165) is 43.0 Å². The van der Waals surface area contributed by atoms with Crippen molar-refractivity contribution >= 4 is 17.3 Å². The molecule has 0 bridgehead atoms. The van der Waals surface area contributed by atoms with Crippen molar-refractivity contribution in [2.75, 3.05) is 31.6 Å². The number of morpholine rings is 1. The average molecular weight is 267 g/mol. The molecule has 3 rings (SSSR count). The summed E-state index contributed by atoms with van der Waals surface area (Å²) in [6, 6.07) is 8.68. The zero-order chi connectivity index (χ0) is 12.4. The molecule has 1 aromatic carbocycles. The highest BCUT2D eigenvalue weighted by Gasteiger charge is 2.32. The Labute approximate surface area is 113 Å². The number of nitrogens with one attached hydrogen (secondary N) is 1. The monoisotopic (exact) mass is 266 g/mol. The molecule has 1 heterocycles.